The summed E-state index contributed by atoms with van der Waals surface area (Å²) in [6, 6.07) is 5.57. The summed E-state index contributed by atoms with van der Waals surface area (Å²) >= 11 is 0. The predicted molar refractivity (Wildman–Crippen MR) is 80.4 cm³/mol. The van der Waals surface area contributed by atoms with Crippen molar-refractivity contribution >= 4 is 17.5 Å². The molecule has 2 heterocycles. The summed E-state index contributed by atoms with van der Waals surface area (Å²) in [7, 11) is 3.23. The quantitative estimate of drug-likeness (QED) is 0.850. The van der Waals surface area contributed by atoms with Gasteiger partial charge in [-0.05, 0) is 18.6 Å². The third-order valence-corrected chi connectivity index (χ3v) is 3.78. The highest BCUT2D eigenvalue weighted by Crippen LogP contribution is 2.29. The van der Waals surface area contributed by atoms with Gasteiger partial charge in [-0.1, -0.05) is 17.3 Å². The highest BCUT2D eigenvalue weighted by atomic mass is 19.1. The third-order valence-electron chi connectivity index (χ3n) is 3.78. The van der Waals surface area contributed by atoms with Gasteiger partial charge in [-0.3, -0.25) is 9.59 Å². The lowest BCUT2D eigenvalue weighted by molar-refractivity contribution is -0.120. The molecule has 3 rings (SSSR count). The van der Waals surface area contributed by atoms with E-state index in [1.165, 1.54) is 26.7 Å². The minimum absolute atomic E-state index is 0.173. The van der Waals surface area contributed by atoms with Gasteiger partial charge in [0.05, 0.1) is 11.9 Å². The van der Waals surface area contributed by atoms with Crippen LogP contribution in [-0.4, -0.2) is 52.3 Å². The van der Waals surface area contributed by atoms with E-state index in [0.29, 0.717) is 13.0 Å². The van der Waals surface area contributed by atoms with E-state index in [1.807, 2.05) is 0 Å². The zero-order chi connectivity index (χ0) is 16.6. The molecule has 0 bridgehead atoms. The fraction of sp³-hybridized carbons (Fsp3) is 0.333. The first-order valence-corrected chi connectivity index (χ1v) is 7.18. The lowest BCUT2D eigenvalue weighted by Gasteiger charge is -2.17. The number of rotatable bonds is 3. The minimum Gasteiger partial charge on any atom is -0.343 e. The SMILES string of the molecule is CN(C)C(=O)c1cn(C2CCN(c3ccccc3F)C2=O)nn1. The Morgan fingerprint density at radius 2 is 2.09 bits per heavy atom. The van der Waals surface area contributed by atoms with Gasteiger partial charge in [0.15, 0.2) is 5.69 Å². The molecular weight excluding hydrogens is 301 g/mol. The first kappa shape index (κ1) is 15.1. The molecule has 1 fully saturated rings. The third kappa shape index (κ3) is 2.67. The zero-order valence-corrected chi connectivity index (χ0v) is 12.8. The Balaban J connectivity index is 1.83. The van der Waals surface area contributed by atoms with Crippen LogP contribution in [0.2, 0.25) is 0 Å². The van der Waals surface area contributed by atoms with E-state index in [1.54, 1.807) is 32.3 Å². The maximum atomic E-state index is 13.9. The van der Waals surface area contributed by atoms with Gasteiger partial charge in [0.25, 0.3) is 11.8 Å². The molecule has 1 atom stereocenters. The van der Waals surface area contributed by atoms with Crippen LogP contribution in [0.5, 0.6) is 0 Å². The van der Waals surface area contributed by atoms with Crippen molar-refractivity contribution in [1.29, 1.82) is 0 Å². The lowest BCUT2D eigenvalue weighted by atomic mass is 10.2. The zero-order valence-electron chi connectivity index (χ0n) is 12.8. The van der Waals surface area contributed by atoms with Gasteiger partial charge in [-0.2, -0.15) is 0 Å². The van der Waals surface area contributed by atoms with E-state index in [4.69, 9.17) is 0 Å². The molecule has 23 heavy (non-hydrogen) atoms. The van der Waals surface area contributed by atoms with E-state index in [2.05, 4.69) is 10.3 Å². The summed E-state index contributed by atoms with van der Waals surface area (Å²) in [5.74, 6) is -0.986. The number of anilines is 1. The van der Waals surface area contributed by atoms with Crippen molar-refractivity contribution < 1.29 is 14.0 Å². The van der Waals surface area contributed by atoms with Crippen molar-refractivity contribution in [2.45, 2.75) is 12.5 Å². The molecule has 1 aromatic carbocycles. The number of carbonyl (C=O) groups excluding carboxylic acids is 2. The Kier molecular flexibility index (Phi) is 3.81. The second kappa shape index (κ2) is 5.79. The molecule has 0 radical (unpaired) electrons. The van der Waals surface area contributed by atoms with Gasteiger partial charge < -0.3 is 9.80 Å². The van der Waals surface area contributed by atoms with Crippen LogP contribution in [0.1, 0.15) is 23.0 Å². The standard InChI is InChI=1S/C15H16FN5O2/c1-19(2)14(22)11-9-21(18-17-11)13-7-8-20(15(13)23)12-6-4-3-5-10(12)16/h3-6,9,13H,7-8H2,1-2H3. The van der Waals surface area contributed by atoms with Crippen LogP contribution in [0.4, 0.5) is 10.1 Å². The molecule has 1 aliphatic rings. The number of nitrogens with zero attached hydrogens (tertiary/aromatic N) is 5. The predicted octanol–water partition coefficient (Wildman–Crippen LogP) is 1.10. The Bertz CT molecular complexity index is 758. The van der Waals surface area contributed by atoms with Crippen LogP contribution in [-0.2, 0) is 4.79 Å². The van der Waals surface area contributed by atoms with E-state index >= 15 is 0 Å². The summed E-state index contributed by atoms with van der Waals surface area (Å²) in [5, 5.41) is 7.69. The Hall–Kier alpha value is -2.77. The average Bonchev–Trinajstić information content (AvgIpc) is 3.14. The van der Waals surface area contributed by atoms with Gasteiger partial charge in [-0.15, -0.1) is 5.10 Å². The number of halogens is 1. The van der Waals surface area contributed by atoms with Crippen molar-refractivity contribution in [1.82, 2.24) is 19.9 Å². The van der Waals surface area contributed by atoms with Crippen molar-refractivity contribution in [2.75, 3.05) is 25.5 Å². The maximum Gasteiger partial charge on any atom is 0.275 e. The molecule has 1 unspecified atom stereocenters. The Morgan fingerprint density at radius 3 is 2.78 bits per heavy atom. The number of hydrogen-bond donors (Lipinski definition) is 0. The normalized spacial score (nSPS) is 17.6. The van der Waals surface area contributed by atoms with E-state index in [0.717, 1.165) is 0 Å². The van der Waals surface area contributed by atoms with Crippen LogP contribution in [0.3, 0.4) is 0 Å². The molecule has 120 valence electrons. The van der Waals surface area contributed by atoms with Crippen molar-refractivity contribution in [2.24, 2.45) is 0 Å². The summed E-state index contributed by atoms with van der Waals surface area (Å²) in [5.41, 5.74) is 0.428. The largest absolute Gasteiger partial charge is 0.343 e. The van der Waals surface area contributed by atoms with Gasteiger partial charge in [0, 0.05) is 20.6 Å². The fourth-order valence-electron chi connectivity index (χ4n) is 2.58. The molecule has 1 aromatic heterocycles. The average molecular weight is 317 g/mol. The molecule has 0 saturated carbocycles. The molecule has 2 aromatic rings. The topological polar surface area (TPSA) is 71.3 Å². The molecule has 2 amide bonds. The van der Waals surface area contributed by atoms with Gasteiger partial charge in [-0.25, -0.2) is 9.07 Å². The van der Waals surface area contributed by atoms with Crippen LogP contribution in [0, 0.1) is 5.82 Å². The number of benzene rings is 1. The molecule has 7 nitrogen and oxygen atoms in total. The van der Waals surface area contributed by atoms with E-state index in [9.17, 15) is 14.0 Å². The molecule has 1 aliphatic heterocycles. The minimum atomic E-state index is -0.578. The molecule has 8 heteroatoms. The monoisotopic (exact) mass is 317 g/mol. The van der Waals surface area contributed by atoms with Crippen LogP contribution in [0.15, 0.2) is 30.5 Å². The Labute approximate surface area is 132 Å². The molecular formula is C15H16FN5O2. The highest BCUT2D eigenvalue weighted by molar-refractivity contribution is 5.98. The highest BCUT2D eigenvalue weighted by Gasteiger charge is 2.36. The van der Waals surface area contributed by atoms with Gasteiger partial charge in [0.2, 0.25) is 0 Å². The smallest absolute Gasteiger partial charge is 0.275 e. The lowest BCUT2D eigenvalue weighted by Crippen LogP contribution is -2.29. The van der Waals surface area contributed by atoms with Crippen LogP contribution in [0.25, 0.3) is 0 Å². The maximum absolute atomic E-state index is 13.9. The van der Waals surface area contributed by atoms with E-state index < -0.39 is 11.9 Å². The second-order valence-electron chi connectivity index (χ2n) is 5.53. The second-order valence-corrected chi connectivity index (χ2v) is 5.53. The first-order chi connectivity index (χ1) is 11.0. The van der Waals surface area contributed by atoms with E-state index in [-0.39, 0.29) is 23.2 Å². The number of aromatic nitrogens is 3. The van der Waals surface area contributed by atoms with Gasteiger partial charge >= 0.3 is 0 Å². The fourth-order valence-corrected chi connectivity index (χ4v) is 2.58. The number of amides is 2. The van der Waals surface area contributed by atoms with Crippen LogP contribution < -0.4 is 4.90 Å². The Morgan fingerprint density at radius 1 is 1.35 bits per heavy atom. The first-order valence-electron chi connectivity index (χ1n) is 7.18. The number of carbonyl (C=O) groups is 2. The molecule has 0 spiro atoms. The number of hydrogen-bond acceptors (Lipinski definition) is 4. The summed E-state index contributed by atoms with van der Waals surface area (Å²) in [4.78, 5) is 27.2. The number of para-hydroxylation sites is 1. The van der Waals surface area contributed by atoms with Crippen molar-refractivity contribution in [3.63, 3.8) is 0 Å². The van der Waals surface area contributed by atoms with Crippen molar-refractivity contribution in [3.05, 3.63) is 42.0 Å². The van der Waals surface area contributed by atoms with Crippen LogP contribution >= 0.6 is 0 Å². The summed E-state index contributed by atoms with van der Waals surface area (Å²) < 4.78 is 15.2. The summed E-state index contributed by atoms with van der Waals surface area (Å²) in [6.07, 6.45) is 1.93. The summed E-state index contributed by atoms with van der Waals surface area (Å²) in [6.45, 7) is 0.390. The molecule has 0 aliphatic carbocycles. The van der Waals surface area contributed by atoms with Crippen molar-refractivity contribution in [3.8, 4) is 0 Å². The molecule has 1 saturated heterocycles. The van der Waals surface area contributed by atoms with Gasteiger partial charge in [0.1, 0.15) is 11.9 Å². The molecule has 0 N–H and O–H groups in total.